The number of rotatable bonds is 0. The summed E-state index contributed by atoms with van der Waals surface area (Å²) < 4.78 is 0. The number of allylic oxidation sites excluding steroid dienone is 2. The molecule has 1 aliphatic carbocycles. The summed E-state index contributed by atoms with van der Waals surface area (Å²) in [5.41, 5.74) is 0. The van der Waals surface area contributed by atoms with Gasteiger partial charge in [0.25, 0.3) is 0 Å². The predicted molar refractivity (Wildman–Crippen MR) is 111 cm³/mol. The summed E-state index contributed by atoms with van der Waals surface area (Å²) in [6, 6.07) is 0. The molecule has 0 atom stereocenters. The Labute approximate surface area is 158 Å². The van der Waals surface area contributed by atoms with Crippen molar-refractivity contribution in [3.63, 3.8) is 0 Å². The van der Waals surface area contributed by atoms with Crippen LogP contribution in [0.15, 0.2) is 12.2 Å². The van der Waals surface area contributed by atoms with Crippen LogP contribution >= 0.6 is 0 Å². The van der Waals surface area contributed by atoms with Crippen LogP contribution in [0.4, 0.5) is 0 Å². The third-order valence-electron chi connectivity index (χ3n) is 5.59. The third-order valence-corrected chi connectivity index (χ3v) is 5.59. The molecule has 1 rings (SSSR count). The van der Waals surface area contributed by atoms with Crippen molar-refractivity contribution in [1.82, 2.24) is 0 Å². The SMILES string of the molecule is O=C1CC=CCCCCCCCCCCCCCCCCCCCC1. The van der Waals surface area contributed by atoms with Crippen LogP contribution in [0.3, 0.4) is 0 Å². The molecule has 25 heavy (non-hydrogen) atoms. The number of hydrogen-bond donors (Lipinski definition) is 0. The lowest BCUT2D eigenvalue weighted by Gasteiger charge is -2.04. The number of ketones is 1. The van der Waals surface area contributed by atoms with Gasteiger partial charge in [0.2, 0.25) is 0 Å². The first-order valence-electron chi connectivity index (χ1n) is 11.6. The van der Waals surface area contributed by atoms with Gasteiger partial charge in [0, 0.05) is 12.8 Å². The highest BCUT2D eigenvalue weighted by Gasteiger charge is 2.00. The minimum atomic E-state index is 0.436. The second-order valence-electron chi connectivity index (χ2n) is 8.12. The zero-order chi connectivity index (χ0) is 17.8. The van der Waals surface area contributed by atoms with E-state index in [1.54, 1.807) is 0 Å². The van der Waals surface area contributed by atoms with Crippen LogP contribution in [0, 0.1) is 0 Å². The molecule has 146 valence electrons. The van der Waals surface area contributed by atoms with E-state index in [4.69, 9.17) is 0 Å². The van der Waals surface area contributed by atoms with Crippen LogP contribution in [0.2, 0.25) is 0 Å². The Morgan fingerprint density at radius 3 is 1.24 bits per heavy atom. The van der Waals surface area contributed by atoms with E-state index >= 15 is 0 Å². The average molecular weight is 349 g/mol. The summed E-state index contributed by atoms with van der Waals surface area (Å²) in [6.07, 6.45) is 31.9. The minimum Gasteiger partial charge on any atom is -0.299 e. The van der Waals surface area contributed by atoms with Gasteiger partial charge >= 0.3 is 0 Å². The van der Waals surface area contributed by atoms with Crippen molar-refractivity contribution in [2.45, 2.75) is 135 Å². The quantitative estimate of drug-likeness (QED) is 0.402. The first-order chi connectivity index (χ1) is 12.4. The van der Waals surface area contributed by atoms with E-state index in [1.165, 1.54) is 109 Å². The Morgan fingerprint density at radius 1 is 0.440 bits per heavy atom. The molecule has 1 aliphatic rings. The average Bonchev–Trinajstić information content (AvgIpc) is 2.61. The van der Waals surface area contributed by atoms with Gasteiger partial charge in [0.15, 0.2) is 0 Å². The molecular formula is C24H44O. The molecule has 0 aliphatic heterocycles. The molecule has 0 N–H and O–H groups in total. The van der Waals surface area contributed by atoms with Gasteiger partial charge in [-0.3, -0.25) is 4.79 Å². The first kappa shape index (κ1) is 22.5. The number of hydrogen-bond acceptors (Lipinski definition) is 1. The smallest absolute Gasteiger partial charge is 0.136 e. The molecule has 0 aromatic carbocycles. The Bertz CT molecular complexity index is 318. The molecule has 0 saturated heterocycles. The zero-order valence-corrected chi connectivity index (χ0v) is 16.9. The van der Waals surface area contributed by atoms with E-state index in [1.807, 2.05) is 0 Å². The molecule has 0 amide bonds. The van der Waals surface area contributed by atoms with Crippen LogP contribution in [-0.4, -0.2) is 5.78 Å². The molecule has 0 aromatic heterocycles. The van der Waals surface area contributed by atoms with Gasteiger partial charge in [-0.15, -0.1) is 0 Å². The highest BCUT2D eigenvalue weighted by atomic mass is 16.1. The lowest BCUT2D eigenvalue weighted by molar-refractivity contribution is -0.118. The van der Waals surface area contributed by atoms with E-state index in [0.29, 0.717) is 12.2 Å². The fraction of sp³-hybridized carbons (Fsp3) is 0.875. The molecule has 0 heterocycles. The van der Waals surface area contributed by atoms with Crippen molar-refractivity contribution in [3.05, 3.63) is 12.2 Å². The minimum absolute atomic E-state index is 0.436. The van der Waals surface area contributed by atoms with Gasteiger partial charge in [-0.25, -0.2) is 0 Å². The molecule has 0 aromatic rings. The van der Waals surface area contributed by atoms with Gasteiger partial charge in [0.05, 0.1) is 0 Å². The first-order valence-corrected chi connectivity index (χ1v) is 11.6. The van der Waals surface area contributed by atoms with E-state index in [2.05, 4.69) is 12.2 Å². The van der Waals surface area contributed by atoms with Crippen molar-refractivity contribution >= 4 is 5.78 Å². The molecule has 0 fully saturated rings. The standard InChI is InChI=1S/C24H44O/c25-24-22-20-18-16-14-12-10-8-6-4-2-1-3-5-7-9-11-13-15-17-19-21-23-24/h18,20H,1-17,19,21-23H2. The second kappa shape index (κ2) is 18.2. The Hall–Kier alpha value is -0.590. The molecular weight excluding hydrogens is 304 g/mol. The molecule has 0 bridgehead atoms. The summed E-state index contributed by atoms with van der Waals surface area (Å²) in [5, 5.41) is 0. The molecule has 1 nitrogen and oxygen atoms in total. The molecule has 0 unspecified atom stereocenters. The third kappa shape index (κ3) is 16.6. The fourth-order valence-electron chi connectivity index (χ4n) is 3.85. The van der Waals surface area contributed by atoms with Crippen LogP contribution in [0.5, 0.6) is 0 Å². The van der Waals surface area contributed by atoms with Crippen molar-refractivity contribution in [2.24, 2.45) is 0 Å². The van der Waals surface area contributed by atoms with E-state index < -0.39 is 0 Å². The summed E-state index contributed by atoms with van der Waals surface area (Å²) in [7, 11) is 0. The van der Waals surface area contributed by atoms with E-state index in [-0.39, 0.29) is 0 Å². The Kier molecular flexibility index (Phi) is 16.4. The van der Waals surface area contributed by atoms with Gasteiger partial charge in [-0.2, -0.15) is 0 Å². The molecule has 0 saturated carbocycles. The van der Waals surface area contributed by atoms with Crippen LogP contribution in [0.25, 0.3) is 0 Å². The predicted octanol–water partition coefficient (Wildman–Crippen LogP) is 8.32. The van der Waals surface area contributed by atoms with E-state index in [9.17, 15) is 4.79 Å². The van der Waals surface area contributed by atoms with Gasteiger partial charge in [-0.1, -0.05) is 115 Å². The zero-order valence-electron chi connectivity index (χ0n) is 16.9. The summed E-state index contributed by atoms with van der Waals surface area (Å²) in [4.78, 5) is 11.8. The Morgan fingerprint density at radius 2 is 0.800 bits per heavy atom. The van der Waals surface area contributed by atoms with Gasteiger partial charge < -0.3 is 0 Å². The van der Waals surface area contributed by atoms with Gasteiger partial charge in [-0.05, 0) is 19.3 Å². The normalized spacial score (nSPS) is 23.0. The maximum Gasteiger partial charge on any atom is 0.136 e. The van der Waals surface area contributed by atoms with Crippen LogP contribution in [-0.2, 0) is 4.79 Å². The number of carbonyl (C=O) groups is 1. The molecule has 0 spiro atoms. The fourth-order valence-corrected chi connectivity index (χ4v) is 3.85. The maximum atomic E-state index is 11.8. The van der Waals surface area contributed by atoms with Crippen LogP contribution < -0.4 is 0 Å². The van der Waals surface area contributed by atoms with Crippen molar-refractivity contribution in [2.75, 3.05) is 0 Å². The summed E-state index contributed by atoms with van der Waals surface area (Å²) in [6.45, 7) is 0. The Balaban J connectivity index is 2.13. The number of carbonyl (C=O) groups excluding carboxylic acids is 1. The lowest BCUT2D eigenvalue weighted by atomic mass is 10.0. The maximum absolute atomic E-state index is 11.8. The molecule has 1 heteroatoms. The monoisotopic (exact) mass is 348 g/mol. The van der Waals surface area contributed by atoms with Crippen molar-refractivity contribution in [1.29, 1.82) is 0 Å². The van der Waals surface area contributed by atoms with Crippen molar-refractivity contribution in [3.8, 4) is 0 Å². The van der Waals surface area contributed by atoms with Crippen molar-refractivity contribution < 1.29 is 4.79 Å². The lowest BCUT2D eigenvalue weighted by Crippen LogP contribution is -1.95. The molecule has 0 radical (unpaired) electrons. The number of Topliss-reactive ketones (excluding diaryl/α,β-unsaturated/α-hetero) is 1. The highest BCUT2D eigenvalue weighted by molar-refractivity contribution is 5.79. The largest absolute Gasteiger partial charge is 0.299 e. The second-order valence-corrected chi connectivity index (χ2v) is 8.12. The topological polar surface area (TPSA) is 17.1 Å². The summed E-state index contributed by atoms with van der Waals surface area (Å²) >= 11 is 0. The van der Waals surface area contributed by atoms with E-state index in [0.717, 1.165) is 19.3 Å². The van der Waals surface area contributed by atoms with Gasteiger partial charge in [0.1, 0.15) is 5.78 Å². The van der Waals surface area contributed by atoms with Crippen LogP contribution in [0.1, 0.15) is 135 Å². The highest BCUT2D eigenvalue weighted by Crippen LogP contribution is 2.15. The summed E-state index contributed by atoms with van der Waals surface area (Å²) in [5.74, 6) is 0.436.